The van der Waals surface area contributed by atoms with Gasteiger partial charge in [0.15, 0.2) is 10.8 Å². The van der Waals surface area contributed by atoms with Gasteiger partial charge in [0.2, 0.25) is 5.91 Å². The van der Waals surface area contributed by atoms with Crippen molar-refractivity contribution < 1.29 is 4.79 Å². The Morgan fingerprint density at radius 3 is 2.59 bits per heavy atom. The van der Waals surface area contributed by atoms with Crippen molar-refractivity contribution in [2.24, 2.45) is 0 Å². The monoisotopic (exact) mass is 381 g/mol. The molecule has 0 aliphatic rings. The molecule has 2 heterocycles. The number of H-pyrrole nitrogens is 1. The van der Waals surface area contributed by atoms with Crippen LogP contribution in [-0.2, 0) is 4.79 Å². The van der Waals surface area contributed by atoms with Gasteiger partial charge in [0, 0.05) is 13.1 Å². The second-order valence-electron chi connectivity index (χ2n) is 5.67. The molecule has 1 amide bonds. The number of fused-ring (bicyclic) bond motifs is 1. The Balaban J connectivity index is 1.85. The van der Waals surface area contributed by atoms with Gasteiger partial charge in [-0.15, -0.1) is 13.2 Å². The number of carbonyl (C=O) groups is 1. The number of nitrogens with one attached hydrogen (secondary N) is 1. The van der Waals surface area contributed by atoms with Crippen LogP contribution in [0.5, 0.6) is 0 Å². The normalized spacial score (nSPS) is 10.7. The van der Waals surface area contributed by atoms with E-state index >= 15 is 0 Å². The molecule has 0 saturated carbocycles. The topological polar surface area (TPSA) is 83.9 Å². The lowest BCUT2D eigenvalue weighted by molar-refractivity contribution is -0.127. The minimum absolute atomic E-state index is 0.0842. The lowest BCUT2D eigenvalue weighted by Gasteiger charge is -2.18. The van der Waals surface area contributed by atoms with E-state index in [-0.39, 0.29) is 17.2 Å². The molecule has 2 aromatic heterocycles. The molecule has 27 heavy (non-hydrogen) atoms. The van der Waals surface area contributed by atoms with Crippen molar-refractivity contribution >= 4 is 28.7 Å². The third-order valence-electron chi connectivity index (χ3n) is 3.80. The number of para-hydroxylation sites is 1. The molecule has 0 fully saturated rings. The van der Waals surface area contributed by atoms with Gasteiger partial charge in [0.25, 0.3) is 5.56 Å². The molecule has 1 aromatic carbocycles. The highest BCUT2D eigenvalue weighted by Gasteiger charge is 2.15. The quantitative estimate of drug-likeness (QED) is 0.368. The number of amides is 1. The molecule has 3 rings (SSSR count). The molecule has 0 aliphatic heterocycles. The van der Waals surface area contributed by atoms with Crippen LogP contribution in [0.4, 0.5) is 0 Å². The summed E-state index contributed by atoms with van der Waals surface area (Å²) < 4.78 is 1.61. The Labute approximate surface area is 160 Å². The number of nitrogens with zero attached hydrogens (tertiary/aromatic N) is 4. The van der Waals surface area contributed by atoms with Gasteiger partial charge in [-0.1, -0.05) is 42.1 Å². The van der Waals surface area contributed by atoms with Crippen LogP contribution in [0.3, 0.4) is 0 Å². The van der Waals surface area contributed by atoms with E-state index < -0.39 is 0 Å². The summed E-state index contributed by atoms with van der Waals surface area (Å²) in [4.78, 5) is 33.5. The molecule has 3 aromatic rings. The molecule has 0 saturated heterocycles. The molecule has 7 nitrogen and oxygen atoms in total. The van der Waals surface area contributed by atoms with E-state index in [0.717, 1.165) is 5.69 Å². The fourth-order valence-electron chi connectivity index (χ4n) is 2.54. The highest BCUT2D eigenvalue weighted by molar-refractivity contribution is 7.99. The maximum absolute atomic E-state index is 12.4. The van der Waals surface area contributed by atoms with E-state index in [1.54, 1.807) is 21.7 Å². The number of rotatable bonds is 8. The van der Waals surface area contributed by atoms with E-state index in [1.165, 1.54) is 18.0 Å². The first-order valence-electron chi connectivity index (χ1n) is 8.30. The van der Waals surface area contributed by atoms with Crippen LogP contribution in [0.15, 0.2) is 71.8 Å². The molecule has 0 spiro atoms. The smallest absolute Gasteiger partial charge is 0.262 e. The lowest BCUT2D eigenvalue weighted by Crippen LogP contribution is -2.32. The summed E-state index contributed by atoms with van der Waals surface area (Å²) >= 11 is 1.18. The number of hydrogen-bond donors (Lipinski definition) is 1. The number of thioether (sulfide) groups is 1. The van der Waals surface area contributed by atoms with Crippen LogP contribution < -0.4 is 5.56 Å². The van der Waals surface area contributed by atoms with E-state index in [0.29, 0.717) is 29.3 Å². The summed E-state index contributed by atoms with van der Waals surface area (Å²) in [5, 5.41) is 5.04. The van der Waals surface area contributed by atoms with Crippen LogP contribution in [0, 0.1) is 0 Å². The lowest BCUT2D eigenvalue weighted by atomic mass is 10.3. The Morgan fingerprint density at radius 2 is 1.93 bits per heavy atom. The van der Waals surface area contributed by atoms with Crippen molar-refractivity contribution in [3.8, 4) is 5.69 Å². The van der Waals surface area contributed by atoms with Crippen LogP contribution in [0.1, 0.15) is 0 Å². The Hall–Kier alpha value is -3.13. The second-order valence-corrected chi connectivity index (χ2v) is 6.63. The summed E-state index contributed by atoms with van der Waals surface area (Å²) in [7, 11) is 0. The van der Waals surface area contributed by atoms with Crippen LogP contribution >= 0.6 is 11.8 Å². The highest BCUT2D eigenvalue weighted by Crippen LogP contribution is 2.18. The molecule has 0 aliphatic carbocycles. The molecule has 138 valence electrons. The number of carbonyl (C=O) groups excluding carboxylic acids is 1. The van der Waals surface area contributed by atoms with Crippen LogP contribution in [0.25, 0.3) is 16.7 Å². The van der Waals surface area contributed by atoms with Gasteiger partial charge in [-0.2, -0.15) is 5.10 Å². The van der Waals surface area contributed by atoms with Gasteiger partial charge in [-0.05, 0) is 12.1 Å². The van der Waals surface area contributed by atoms with Crippen molar-refractivity contribution in [1.82, 2.24) is 24.6 Å². The summed E-state index contributed by atoms with van der Waals surface area (Å²) in [5.74, 6) is 0.0643. The first kappa shape index (κ1) is 18.7. The zero-order chi connectivity index (χ0) is 19.2. The molecular weight excluding hydrogens is 362 g/mol. The molecule has 1 N–H and O–H groups in total. The van der Waals surface area contributed by atoms with Crippen molar-refractivity contribution in [2.45, 2.75) is 5.16 Å². The van der Waals surface area contributed by atoms with Gasteiger partial charge in [-0.25, -0.2) is 9.67 Å². The largest absolute Gasteiger partial charge is 0.335 e. The standard InChI is InChI=1S/C19H19N5O2S/c1-3-10-23(11-4-2)16(25)13-27-19-21-17-15(18(26)22-19)12-20-24(17)14-8-6-5-7-9-14/h3-9,12H,1-2,10-11,13H2,(H,21,22,26). The Kier molecular flexibility index (Phi) is 5.87. The predicted octanol–water partition coefficient (Wildman–Crippen LogP) is 2.40. The van der Waals surface area contributed by atoms with E-state index in [1.807, 2.05) is 30.3 Å². The van der Waals surface area contributed by atoms with Crippen LogP contribution in [-0.4, -0.2) is 49.4 Å². The number of benzene rings is 1. The molecule has 0 bridgehead atoms. The number of hydrogen-bond acceptors (Lipinski definition) is 5. The van der Waals surface area contributed by atoms with Gasteiger partial charge < -0.3 is 9.88 Å². The zero-order valence-corrected chi connectivity index (χ0v) is 15.5. The van der Waals surface area contributed by atoms with E-state index in [2.05, 4.69) is 28.2 Å². The van der Waals surface area contributed by atoms with E-state index in [4.69, 9.17) is 0 Å². The first-order chi connectivity index (χ1) is 13.1. The highest BCUT2D eigenvalue weighted by atomic mass is 32.2. The molecule has 0 atom stereocenters. The third kappa shape index (κ3) is 4.17. The number of aromatic nitrogens is 4. The minimum Gasteiger partial charge on any atom is -0.335 e. The predicted molar refractivity (Wildman–Crippen MR) is 107 cm³/mol. The summed E-state index contributed by atoms with van der Waals surface area (Å²) in [6.45, 7) is 8.19. The van der Waals surface area contributed by atoms with E-state index in [9.17, 15) is 9.59 Å². The summed E-state index contributed by atoms with van der Waals surface area (Å²) in [5.41, 5.74) is 0.973. The summed E-state index contributed by atoms with van der Waals surface area (Å²) in [6, 6.07) is 9.44. The molecular formula is C19H19N5O2S. The third-order valence-corrected chi connectivity index (χ3v) is 4.66. The maximum atomic E-state index is 12.4. The molecule has 0 unspecified atom stereocenters. The van der Waals surface area contributed by atoms with Crippen LogP contribution in [0.2, 0.25) is 0 Å². The second kappa shape index (κ2) is 8.50. The Morgan fingerprint density at radius 1 is 1.22 bits per heavy atom. The summed E-state index contributed by atoms with van der Waals surface area (Å²) in [6.07, 6.45) is 4.82. The SMILES string of the molecule is C=CCN(CC=C)C(=O)CSc1nc2c(cnn2-c2ccccc2)c(=O)[nH]1. The first-order valence-corrected chi connectivity index (χ1v) is 9.28. The maximum Gasteiger partial charge on any atom is 0.262 e. The van der Waals surface area contributed by atoms with Gasteiger partial charge in [0.05, 0.1) is 17.6 Å². The minimum atomic E-state index is -0.286. The average molecular weight is 381 g/mol. The van der Waals surface area contributed by atoms with Crippen molar-refractivity contribution in [3.63, 3.8) is 0 Å². The number of aromatic amines is 1. The fourth-order valence-corrected chi connectivity index (χ4v) is 3.29. The fraction of sp³-hybridized carbons (Fsp3) is 0.158. The van der Waals surface area contributed by atoms with Crippen molar-refractivity contribution in [2.75, 3.05) is 18.8 Å². The molecule has 0 radical (unpaired) electrons. The van der Waals surface area contributed by atoms with Crippen molar-refractivity contribution in [3.05, 3.63) is 72.2 Å². The van der Waals surface area contributed by atoms with Gasteiger partial charge >= 0.3 is 0 Å². The zero-order valence-electron chi connectivity index (χ0n) is 14.7. The van der Waals surface area contributed by atoms with Gasteiger partial charge in [0.1, 0.15) is 5.39 Å². The van der Waals surface area contributed by atoms with Crippen molar-refractivity contribution in [1.29, 1.82) is 0 Å². The average Bonchev–Trinajstić information content (AvgIpc) is 3.11. The Bertz CT molecular complexity index is 1020. The molecule has 8 heteroatoms. The van der Waals surface area contributed by atoms with Gasteiger partial charge in [-0.3, -0.25) is 9.59 Å².